The zero-order valence-corrected chi connectivity index (χ0v) is 16.1. The number of rotatable bonds is 4. The minimum Gasteiger partial charge on any atom is -0.336 e. The number of carbonyl (C=O) groups excluding carboxylic acids is 2. The number of nitrogens with one attached hydrogen (secondary N) is 1. The van der Waals surface area contributed by atoms with Crippen molar-refractivity contribution >= 4 is 17.6 Å². The average molecular weight is 403 g/mol. The van der Waals surface area contributed by atoms with Gasteiger partial charge in [0, 0.05) is 25.1 Å². The number of anilines is 1. The highest BCUT2D eigenvalue weighted by atomic mass is 19.1. The molecule has 3 aromatic rings. The van der Waals surface area contributed by atoms with Crippen LogP contribution in [0.3, 0.4) is 0 Å². The number of likely N-dealkylation sites (N-methyl/N-ethyl adjacent to an activating group) is 1. The molecule has 0 spiro atoms. The molecule has 1 aromatic carbocycles. The number of carbonyl (C=O) groups is 2. The van der Waals surface area contributed by atoms with E-state index in [1.807, 2.05) is 42.5 Å². The number of pyridine rings is 1. The molecule has 8 heteroatoms. The van der Waals surface area contributed by atoms with Crippen LogP contribution in [0.25, 0.3) is 0 Å². The van der Waals surface area contributed by atoms with Gasteiger partial charge in [-0.2, -0.15) is 5.10 Å². The molecule has 2 bridgehead atoms. The van der Waals surface area contributed by atoms with Gasteiger partial charge in [-0.25, -0.2) is 9.37 Å². The number of nitrogens with zero attached hydrogens (tertiary/aromatic N) is 4. The summed E-state index contributed by atoms with van der Waals surface area (Å²) in [4.78, 5) is 31.8. The van der Waals surface area contributed by atoms with E-state index in [-0.39, 0.29) is 29.4 Å². The Morgan fingerprint density at radius 2 is 1.97 bits per heavy atom. The van der Waals surface area contributed by atoms with Crippen molar-refractivity contribution in [3.05, 3.63) is 77.5 Å². The molecule has 2 saturated carbocycles. The molecule has 1 N–H and O–H groups in total. The number of amides is 2. The molecule has 150 valence electrons. The van der Waals surface area contributed by atoms with Gasteiger partial charge in [0.05, 0.1) is 12.7 Å². The van der Waals surface area contributed by atoms with Crippen LogP contribution in [0, 0.1) is 17.7 Å². The Hall–Kier alpha value is -3.55. The summed E-state index contributed by atoms with van der Waals surface area (Å²) in [6.45, 7) is 0.353. The van der Waals surface area contributed by atoms with Crippen LogP contribution in [-0.4, -0.2) is 39.2 Å². The molecule has 4 heterocycles. The normalized spacial score (nSPS) is 27.7. The summed E-state index contributed by atoms with van der Waals surface area (Å²) in [5.74, 6) is -0.650. The summed E-state index contributed by atoms with van der Waals surface area (Å²) < 4.78 is 15.9. The topological polar surface area (TPSA) is 80.1 Å². The van der Waals surface area contributed by atoms with Crippen LogP contribution >= 0.6 is 0 Å². The van der Waals surface area contributed by atoms with E-state index in [4.69, 9.17) is 0 Å². The fourth-order valence-corrected chi connectivity index (χ4v) is 5.07. The summed E-state index contributed by atoms with van der Waals surface area (Å²) in [6, 6.07) is 13.3. The second-order valence-corrected chi connectivity index (χ2v) is 8.19. The van der Waals surface area contributed by atoms with E-state index in [0.717, 1.165) is 11.1 Å². The Morgan fingerprint density at radius 3 is 2.73 bits per heavy atom. The molecular weight excluding hydrogens is 385 g/mol. The van der Waals surface area contributed by atoms with Crippen molar-refractivity contribution in [2.75, 3.05) is 11.9 Å². The molecule has 3 unspecified atom stereocenters. The number of hydrogen-bond acceptors (Lipinski definition) is 4. The van der Waals surface area contributed by atoms with Crippen LogP contribution in [0.4, 0.5) is 10.2 Å². The molecule has 0 radical (unpaired) electrons. The molecule has 7 rings (SSSR count). The third kappa shape index (κ3) is 2.18. The highest BCUT2D eigenvalue weighted by Gasteiger charge is 2.90. The molecule has 2 amide bonds. The first-order valence-corrected chi connectivity index (χ1v) is 9.85. The summed E-state index contributed by atoms with van der Waals surface area (Å²) >= 11 is 0. The number of aromatic nitrogens is 3. The predicted octanol–water partition coefficient (Wildman–Crippen LogP) is 1.95. The molecule has 4 atom stereocenters. The maximum Gasteiger partial charge on any atom is 0.275 e. The Bertz CT molecular complexity index is 1200. The molecular formula is C22H18FN5O2. The minimum atomic E-state index is -0.979. The van der Waals surface area contributed by atoms with Gasteiger partial charge in [0.15, 0.2) is 11.5 Å². The van der Waals surface area contributed by atoms with E-state index in [0.29, 0.717) is 12.4 Å². The van der Waals surface area contributed by atoms with Crippen molar-refractivity contribution in [1.82, 2.24) is 20.1 Å². The monoisotopic (exact) mass is 403 g/mol. The van der Waals surface area contributed by atoms with Crippen molar-refractivity contribution < 1.29 is 14.0 Å². The average Bonchev–Trinajstić information content (AvgIpc) is 3.62. The lowest BCUT2D eigenvalue weighted by Gasteiger charge is -2.25. The molecule has 2 aromatic heterocycles. The Balaban J connectivity index is 1.25. The molecule has 2 aliphatic heterocycles. The van der Waals surface area contributed by atoms with E-state index in [9.17, 15) is 14.0 Å². The number of benzene rings is 1. The van der Waals surface area contributed by atoms with Crippen molar-refractivity contribution in [2.45, 2.75) is 18.0 Å². The molecule has 4 aliphatic rings. The first-order valence-electron chi connectivity index (χ1n) is 9.85. The van der Waals surface area contributed by atoms with Crippen LogP contribution in [0.15, 0.2) is 54.9 Å². The van der Waals surface area contributed by atoms with Crippen molar-refractivity contribution in [1.29, 1.82) is 0 Å². The van der Waals surface area contributed by atoms with Gasteiger partial charge in [-0.15, -0.1) is 0 Å². The van der Waals surface area contributed by atoms with Gasteiger partial charge >= 0.3 is 0 Å². The molecule has 0 saturated heterocycles. The van der Waals surface area contributed by atoms with Gasteiger partial charge in [0.1, 0.15) is 11.4 Å². The number of hydrogen-bond donors (Lipinski definition) is 1. The van der Waals surface area contributed by atoms with E-state index in [1.54, 1.807) is 13.2 Å². The van der Waals surface area contributed by atoms with Crippen LogP contribution in [0.5, 0.6) is 0 Å². The second-order valence-electron chi connectivity index (χ2n) is 8.19. The lowest BCUT2D eigenvalue weighted by atomic mass is 9.93. The van der Waals surface area contributed by atoms with Gasteiger partial charge in [-0.05, 0) is 23.1 Å². The van der Waals surface area contributed by atoms with Gasteiger partial charge in [0.2, 0.25) is 0 Å². The molecule has 30 heavy (non-hydrogen) atoms. The van der Waals surface area contributed by atoms with E-state index >= 15 is 0 Å². The van der Waals surface area contributed by atoms with Crippen molar-refractivity contribution in [2.24, 2.45) is 11.8 Å². The van der Waals surface area contributed by atoms with E-state index in [1.165, 1.54) is 15.8 Å². The largest absolute Gasteiger partial charge is 0.336 e. The highest BCUT2D eigenvalue weighted by Crippen LogP contribution is 2.82. The zero-order valence-electron chi connectivity index (χ0n) is 16.1. The highest BCUT2D eigenvalue weighted by molar-refractivity contribution is 6.10. The smallest absolute Gasteiger partial charge is 0.275 e. The number of fused-ring (bicyclic) bond motifs is 1. The lowest BCUT2D eigenvalue weighted by Crippen LogP contribution is -2.54. The second kappa shape index (κ2) is 5.75. The predicted molar refractivity (Wildman–Crippen MR) is 105 cm³/mol. The maximum absolute atomic E-state index is 14.5. The third-order valence-electron chi connectivity index (χ3n) is 6.55. The summed E-state index contributed by atoms with van der Waals surface area (Å²) in [7, 11) is 1.66. The first-order chi connectivity index (χ1) is 14.5. The molecule has 7 nitrogen and oxygen atoms in total. The maximum atomic E-state index is 14.5. The van der Waals surface area contributed by atoms with Crippen molar-refractivity contribution in [3.8, 4) is 0 Å². The Labute approximate surface area is 171 Å². The third-order valence-corrected chi connectivity index (χ3v) is 6.55. The Morgan fingerprint density at radius 1 is 1.20 bits per heavy atom. The van der Waals surface area contributed by atoms with Crippen LogP contribution < -0.4 is 10.2 Å². The van der Waals surface area contributed by atoms with Gasteiger partial charge in [-0.1, -0.05) is 36.4 Å². The van der Waals surface area contributed by atoms with E-state index < -0.39 is 17.3 Å². The fraction of sp³-hybridized carbons (Fsp3) is 0.273. The van der Waals surface area contributed by atoms with Crippen LogP contribution in [0.1, 0.15) is 27.5 Å². The van der Waals surface area contributed by atoms with Gasteiger partial charge < -0.3 is 5.32 Å². The number of halogens is 1. The zero-order chi connectivity index (χ0) is 20.6. The molecule has 2 aliphatic carbocycles. The summed E-state index contributed by atoms with van der Waals surface area (Å²) in [6.07, 6.45) is 2.86. The summed E-state index contributed by atoms with van der Waals surface area (Å²) in [5.41, 5.74) is 0.706. The lowest BCUT2D eigenvalue weighted by molar-refractivity contribution is -0.122. The van der Waals surface area contributed by atoms with E-state index in [2.05, 4.69) is 15.4 Å². The van der Waals surface area contributed by atoms with Gasteiger partial charge in [-0.3, -0.25) is 19.2 Å². The molecule has 2 fully saturated rings. The fourth-order valence-electron chi connectivity index (χ4n) is 5.07. The standard InChI is InChI=1S/C22H18FN5O2/c1-27-19-13(8-5-9-24-19)15-16-17(15)22(16,21(27)30)25-20(29)18-14(23)11-28(26-18)10-12-6-3-2-4-7-12/h2-9,11,15-17H,10H2,1H3,(H,25,29)/t15?,16-,17?,22?/m1/s1. The quantitative estimate of drug-likeness (QED) is 0.722. The van der Waals surface area contributed by atoms with Crippen LogP contribution in [-0.2, 0) is 11.3 Å². The van der Waals surface area contributed by atoms with Crippen molar-refractivity contribution in [3.63, 3.8) is 0 Å². The van der Waals surface area contributed by atoms with Crippen LogP contribution in [0.2, 0.25) is 0 Å². The minimum absolute atomic E-state index is 0.0383. The van der Waals surface area contributed by atoms with Gasteiger partial charge in [0.25, 0.3) is 11.8 Å². The first kappa shape index (κ1) is 17.3. The SMILES string of the molecule is CN1C(=O)C2(NC(=O)c3nn(Cc4ccccc4)cc3F)C3C(c4cccnc41)[C@H]32. The Kier molecular flexibility index (Phi) is 3.32. The summed E-state index contributed by atoms with van der Waals surface area (Å²) in [5, 5.41) is 6.94.